The van der Waals surface area contributed by atoms with E-state index in [0.29, 0.717) is 18.3 Å². The number of rotatable bonds is 7. The normalized spacial score (nSPS) is 27.7. The minimum Gasteiger partial charge on any atom is -0.481 e. The molecule has 0 bridgehead atoms. The van der Waals surface area contributed by atoms with Crippen molar-refractivity contribution in [3.05, 3.63) is 0 Å². The molecule has 0 saturated heterocycles. The van der Waals surface area contributed by atoms with Crippen molar-refractivity contribution < 1.29 is 18.3 Å². The molecule has 1 N–H and O–H groups in total. The molecule has 0 aromatic carbocycles. The van der Waals surface area contributed by atoms with Crippen molar-refractivity contribution in [2.75, 3.05) is 11.5 Å². The maximum Gasteiger partial charge on any atom is 0.306 e. The fourth-order valence-corrected chi connectivity index (χ4v) is 4.15. The minimum atomic E-state index is -2.94. The Balaban J connectivity index is 2.59. The third-order valence-corrected chi connectivity index (χ3v) is 6.54. The molecule has 0 radical (unpaired) electrons. The van der Waals surface area contributed by atoms with Gasteiger partial charge in [0.05, 0.1) is 11.7 Å². The zero-order chi connectivity index (χ0) is 15.3. The summed E-state index contributed by atoms with van der Waals surface area (Å²) < 4.78 is 23.0. The average molecular weight is 304 g/mol. The van der Waals surface area contributed by atoms with E-state index in [1.807, 2.05) is 0 Å². The molecular formula is C15H28O4S. The molecule has 4 nitrogen and oxygen atoms in total. The lowest BCUT2D eigenvalue weighted by atomic mass is 9.69. The van der Waals surface area contributed by atoms with Crippen molar-refractivity contribution in [3.8, 4) is 0 Å². The number of sulfone groups is 1. The van der Waals surface area contributed by atoms with Crippen molar-refractivity contribution in [1.29, 1.82) is 0 Å². The van der Waals surface area contributed by atoms with Crippen LogP contribution in [0.4, 0.5) is 0 Å². The van der Waals surface area contributed by atoms with Gasteiger partial charge in [-0.25, -0.2) is 8.42 Å². The third kappa shape index (κ3) is 5.08. The van der Waals surface area contributed by atoms with Crippen molar-refractivity contribution in [1.82, 2.24) is 0 Å². The van der Waals surface area contributed by atoms with Gasteiger partial charge in [0.25, 0.3) is 0 Å². The van der Waals surface area contributed by atoms with Crippen LogP contribution < -0.4 is 0 Å². The van der Waals surface area contributed by atoms with Crippen molar-refractivity contribution in [3.63, 3.8) is 0 Å². The van der Waals surface area contributed by atoms with E-state index in [9.17, 15) is 18.3 Å². The monoisotopic (exact) mass is 304 g/mol. The quantitative estimate of drug-likeness (QED) is 0.785. The first-order chi connectivity index (χ1) is 9.26. The molecule has 3 unspecified atom stereocenters. The number of aliphatic carboxylic acids is 1. The van der Waals surface area contributed by atoms with Gasteiger partial charge in [0.15, 0.2) is 0 Å². The Bertz CT molecular complexity index is 414. The molecule has 1 aliphatic carbocycles. The molecule has 5 heteroatoms. The van der Waals surface area contributed by atoms with Gasteiger partial charge in [0.1, 0.15) is 9.84 Å². The van der Waals surface area contributed by atoms with E-state index in [4.69, 9.17) is 0 Å². The predicted molar refractivity (Wildman–Crippen MR) is 80.4 cm³/mol. The second kappa shape index (κ2) is 7.43. The van der Waals surface area contributed by atoms with E-state index < -0.39 is 15.8 Å². The smallest absolute Gasteiger partial charge is 0.306 e. The average Bonchev–Trinajstić information content (AvgIpc) is 2.38. The summed E-state index contributed by atoms with van der Waals surface area (Å²) >= 11 is 0. The van der Waals surface area contributed by atoms with Gasteiger partial charge in [0.2, 0.25) is 0 Å². The first-order valence-corrected chi connectivity index (χ1v) is 9.52. The van der Waals surface area contributed by atoms with E-state index in [1.165, 1.54) is 0 Å². The Hall–Kier alpha value is -0.580. The van der Waals surface area contributed by atoms with Crippen LogP contribution in [-0.2, 0) is 14.6 Å². The van der Waals surface area contributed by atoms with Gasteiger partial charge in [-0.15, -0.1) is 0 Å². The van der Waals surface area contributed by atoms with Gasteiger partial charge in [-0.05, 0) is 49.9 Å². The molecule has 3 atom stereocenters. The molecule has 0 spiro atoms. The number of hydrogen-bond donors (Lipinski definition) is 1. The summed E-state index contributed by atoms with van der Waals surface area (Å²) in [6.07, 6.45) is 3.97. The highest BCUT2D eigenvalue weighted by Crippen LogP contribution is 2.39. The molecule has 0 heterocycles. The highest BCUT2D eigenvalue weighted by molar-refractivity contribution is 7.91. The highest BCUT2D eigenvalue weighted by Gasteiger charge is 2.35. The summed E-state index contributed by atoms with van der Waals surface area (Å²) in [5.74, 6) is 0.670. The second-order valence-electron chi connectivity index (χ2n) is 6.40. The number of hydrogen-bond acceptors (Lipinski definition) is 3. The minimum absolute atomic E-state index is 0.140. The van der Waals surface area contributed by atoms with Gasteiger partial charge < -0.3 is 5.11 Å². The lowest BCUT2D eigenvalue weighted by Crippen LogP contribution is -2.32. The van der Waals surface area contributed by atoms with E-state index in [0.717, 1.165) is 25.7 Å². The standard InChI is InChI=1S/C15H28O4S/c1-4-20(18,19)9-5-6-13-10-12(11(2)3)7-8-14(13)15(16)17/h11-14H,4-10H2,1-3H3,(H,16,17). The molecule has 1 saturated carbocycles. The Labute approximate surface area is 122 Å². The van der Waals surface area contributed by atoms with Crippen LogP contribution >= 0.6 is 0 Å². The van der Waals surface area contributed by atoms with Gasteiger partial charge in [0, 0.05) is 5.75 Å². The predicted octanol–water partition coefficient (Wildman–Crippen LogP) is 2.97. The summed E-state index contributed by atoms with van der Waals surface area (Å²) in [5, 5.41) is 9.32. The van der Waals surface area contributed by atoms with Crippen LogP contribution in [0.2, 0.25) is 0 Å². The lowest BCUT2D eigenvalue weighted by molar-refractivity contribution is -0.145. The summed E-state index contributed by atoms with van der Waals surface area (Å²) in [6, 6.07) is 0. The van der Waals surface area contributed by atoms with Crippen LogP contribution in [0.1, 0.15) is 52.9 Å². The molecule has 1 rings (SSSR count). The summed E-state index contributed by atoms with van der Waals surface area (Å²) in [4.78, 5) is 11.3. The summed E-state index contributed by atoms with van der Waals surface area (Å²) in [5.41, 5.74) is 0. The number of carboxylic acid groups (broad SMARTS) is 1. The van der Waals surface area contributed by atoms with E-state index >= 15 is 0 Å². The number of carbonyl (C=O) groups is 1. The van der Waals surface area contributed by atoms with Gasteiger partial charge >= 0.3 is 5.97 Å². The molecule has 1 aliphatic rings. The SMILES string of the molecule is CCS(=O)(=O)CCCC1CC(C(C)C)CCC1C(=O)O. The maximum atomic E-state index is 11.5. The van der Waals surface area contributed by atoms with Crippen LogP contribution in [0.15, 0.2) is 0 Å². The Morgan fingerprint density at radius 1 is 1.30 bits per heavy atom. The fraction of sp³-hybridized carbons (Fsp3) is 0.933. The summed E-state index contributed by atoms with van der Waals surface area (Å²) in [6.45, 7) is 6.03. The Morgan fingerprint density at radius 3 is 2.45 bits per heavy atom. The zero-order valence-electron chi connectivity index (χ0n) is 12.8. The molecule has 1 fully saturated rings. The lowest BCUT2D eigenvalue weighted by Gasteiger charge is -2.36. The van der Waals surface area contributed by atoms with Gasteiger partial charge in [-0.2, -0.15) is 0 Å². The molecular weight excluding hydrogens is 276 g/mol. The van der Waals surface area contributed by atoms with Crippen LogP contribution in [0.25, 0.3) is 0 Å². The molecule has 0 aromatic heterocycles. The molecule has 118 valence electrons. The van der Waals surface area contributed by atoms with E-state index in [1.54, 1.807) is 6.92 Å². The third-order valence-electron chi connectivity index (χ3n) is 4.75. The van der Waals surface area contributed by atoms with Crippen molar-refractivity contribution in [2.45, 2.75) is 52.9 Å². The highest BCUT2D eigenvalue weighted by atomic mass is 32.2. The second-order valence-corrected chi connectivity index (χ2v) is 8.87. The van der Waals surface area contributed by atoms with Crippen LogP contribution in [0.5, 0.6) is 0 Å². The molecule has 0 aliphatic heterocycles. The largest absolute Gasteiger partial charge is 0.481 e. The van der Waals surface area contributed by atoms with Gasteiger partial charge in [-0.3, -0.25) is 4.79 Å². The molecule has 20 heavy (non-hydrogen) atoms. The summed E-state index contributed by atoms with van der Waals surface area (Å²) in [7, 11) is -2.94. The van der Waals surface area contributed by atoms with Gasteiger partial charge in [-0.1, -0.05) is 20.8 Å². The van der Waals surface area contributed by atoms with Crippen LogP contribution in [-0.4, -0.2) is 31.0 Å². The van der Waals surface area contributed by atoms with E-state index in [-0.39, 0.29) is 23.3 Å². The van der Waals surface area contributed by atoms with Crippen LogP contribution in [0.3, 0.4) is 0 Å². The first kappa shape index (κ1) is 17.5. The zero-order valence-corrected chi connectivity index (χ0v) is 13.7. The Kier molecular flexibility index (Phi) is 6.49. The fourth-order valence-electron chi connectivity index (χ4n) is 3.26. The molecule has 0 aromatic rings. The Morgan fingerprint density at radius 2 is 1.95 bits per heavy atom. The first-order valence-electron chi connectivity index (χ1n) is 7.70. The van der Waals surface area contributed by atoms with Crippen molar-refractivity contribution >= 4 is 15.8 Å². The number of carboxylic acids is 1. The maximum absolute atomic E-state index is 11.5. The topological polar surface area (TPSA) is 71.4 Å². The van der Waals surface area contributed by atoms with E-state index in [2.05, 4.69) is 13.8 Å². The van der Waals surface area contributed by atoms with Crippen LogP contribution in [0, 0.1) is 23.7 Å². The molecule has 0 amide bonds. The van der Waals surface area contributed by atoms with Crippen molar-refractivity contribution in [2.24, 2.45) is 23.7 Å².